The number of nitrogens with one attached hydrogen (secondary N) is 1. The SMILES string of the molecule is COc1ccc(C)cc1-n1ccc(C(=O)Nc2cccnc2OC)n1. The monoisotopic (exact) mass is 338 g/mol. The molecule has 1 aromatic carbocycles. The van der Waals surface area contributed by atoms with E-state index in [2.05, 4.69) is 15.4 Å². The largest absolute Gasteiger partial charge is 0.494 e. The predicted molar refractivity (Wildman–Crippen MR) is 93.6 cm³/mol. The molecule has 7 heteroatoms. The van der Waals surface area contributed by atoms with Gasteiger partial charge in [0.15, 0.2) is 5.69 Å². The van der Waals surface area contributed by atoms with Gasteiger partial charge < -0.3 is 14.8 Å². The van der Waals surface area contributed by atoms with Crippen molar-refractivity contribution in [3.05, 3.63) is 60.0 Å². The highest BCUT2D eigenvalue weighted by Crippen LogP contribution is 2.24. The summed E-state index contributed by atoms with van der Waals surface area (Å²) in [6.07, 6.45) is 3.31. The number of benzene rings is 1. The maximum Gasteiger partial charge on any atom is 0.276 e. The lowest BCUT2D eigenvalue weighted by molar-refractivity contribution is 0.102. The minimum Gasteiger partial charge on any atom is -0.494 e. The van der Waals surface area contributed by atoms with Gasteiger partial charge in [0.05, 0.1) is 14.2 Å². The summed E-state index contributed by atoms with van der Waals surface area (Å²) < 4.78 is 12.1. The number of nitrogens with zero attached hydrogens (tertiary/aromatic N) is 3. The molecule has 1 N–H and O–H groups in total. The number of hydrogen-bond acceptors (Lipinski definition) is 5. The number of carbonyl (C=O) groups excluding carboxylic acids is 1. The van der Waals surface area contributed by atoms with Crippen LogP contribution in [0.25, 0.3) is 5.69 Å². The Morgan fingerprint density at radius 1 is 1.16 bits per heavy atom. The Bertz CT molecular complexity index is 905. The van der Waals surface area contributed by atoms with Gasteiger partial charge in [-0.25, -0.2) is 9.67 Å². The summed E-state index contributed by atoms with van der Waals surface area (Å²) in [5.74, 6) is 0.668. The Hall–Kier alpha value is -3.35. The van der Waals surface area contributed by atoms with Crippen molar-refractivity contribution in [2.75, 3.05) is 19.5 Å². The lowest BCUT2D eigenvalue weighted by Gasteiger charge is -2.09. The quantitative estimate of drug-likeness (QED) is 0.774. The summed E-state index contributed by atoms with van der Waals surface area (Å²) in [7, 11) is 3.09. The molecule has 1 amide bonds. The standard InChI is InChI=1S/C18H18N4O3/c1-12-6-7-16(24-2)15(11-12)22-10-8-13(21-22)17(23)20-14-5-4-9-19-18(14)25-3/h4-11H,1-3H3,(H,20,23). The minimum absolute atomic E-state index is 0.273. The molecule has 0 aliphatic rings. The molecule has 0 saturated heterocycles. The lowest BCUT2D eigenvalue weighted by Crippen LogP contribution is -2.14. The van der Waals surface area contributed by atoms with Gasteiger partial charge in [0, 0.05) is 12.4 Å². The van der Waals surface area contributed by atoms with Crippen LogP contribution in [0.1, 0.15) is 16.1 Å². The molecule has 3 aromatic rings. The van der Waals surface area contributed by atoms with Crippen molar-refractivity contribution in [2.45, 2.75) is 6.92 Å². The average Bonchev–Trinajstić information content (AvgIpc) is 3.12. The van der Waals surface area contributed by atoms with E-state index < -0.39 is 0 Å². The van der Waals surface area contributed by atoms with Gasteiger partial charge in [-0.3, -0.25) is 4.79 Å². The molecule has 0 atom stereocenters. The highest BCUT2D eigenvalue weighted by molar-refractivity contribution is 6.03. The predicted octanol–water partition coefficient (Wildman–Crippen LogP) is 2.85. The molecule has 0 unspecified atom stereocenters. The first-order valence-corrected chi connectivity index (χ1v) is 7.63. The smallest absolute Gasteiger partial charge is 0.276 e. The Morgan fingerprint density at radius 3 is 2.76 bits per heavy atom. The van der Waals surface area contributed by atoms with E-state index in [1.807, 2.05) is 25.1 Å². The zero-order valence-corrected chi connectivity index (χ0v) is 14.2. The number of ether oxygens (including phenoxy) is 2. The van der Waals surface area contributed by atoms with Gasteiger partial charge in [-0.15, -0.1) is 0 Å². The highest BCUT2D eigenvalue weighted by atomic mass is 16.5. The van der Waals surface area contributed by atoms with Gasteiger partial charge in [-0.2, -0.15) is 5.10 Å². The summed E-state index contributed by atoms with van der Waals surface area (Å²) in [4.78, 5) is 16.5. The van der Waals surface area contributed by atoms with Crippen LogP contribution in [0.2, 0.25) is 0 Å². The van der Waals surface area contributed by atoms with Crippen molar-refractivity contribution in [3.8, 4) is 17.3 Å². The molecule has 0 aliphatic carbocycles. The van der Waals surface area contributed by atoms with Crippen LogP contribution in [0, 0.1) is 6.92 Å². The van der Waals surface area contributed by atoms with Crippen LogP contribution in [0.3, 0.4) is 0 Å². The van der Waals surface area contributed by atoms with E-state index in [9.17, 15) is 4.79 Å². The second kappa shape index (κ2) is 7.04. The normalized spacial score (nSPS) is 10.4. The van der Waals surface area contributed by atoms with Gasteiger partial charge >= 0.3 is 0 Å². The van der Waals surface area contributed by atoms with Gasteiger partial charge in [0.2, 0.25) is 5.88 Å². The molecule has 0 fully saturated rings. The molecule has 3 rings (SSSR count). The first kappa shape index (κ1) is 16.5. The zero-order chi connectivity index (χ0) is 17.8. The van der Waals surface area contributed by atoms with Crippen molar-refractivity contribution < 1.29 is 14.3 Å². The van der Waals surface area contributed by atoms with Gasteiger partial charge in [0.1, 0.15) is 17.1 Å². The fraction of sp³-hybridized carbons (Fsp3) is 0.167. The maximum absolute atomic E-state index is 12.4. The number of rotatable bonds is 5. The van der Waals surface area contributed by atoms with Gasteiger partial charge in [0.25, 0.3) is 5.91 Å². The third-order valence-corrected chi connectivity index (χ3v) is 3.62. The fourth-order valence-corrected chi connectivity index (χ4v) is 2.39. The Kier molecular flexibility index (Phi) is 4.65. The fourth-order valence-electron chi connectivity index (χ4n) is 2.39. The number of pyridine rings is 1. The number of aryl methyl sites for hydroxylation is 1. The number of methoxy groups -OCH3 is 2. The number of amides is 1. The van der Waals surface area contributed by atoms with Gasteiger partial charge in [-0.05, 0) is 42.8 Å². The van der Waals surface area contributed by atoms with E-state index in [1.165, 1.54) is 7.11 Å². The molecule has 2 heterocycles. The molecular weight excluding hydrogens is 320 g/mol. The average molecular weight is 338 g/mol. The number of aromatic nitrogens is 3. The minimum atomic E-state index is -0.350. The summed E-state index contributed by atoms with van der Waals surface area (Å²) in [6.45, 7) is 1.98. The third kappa shape index (κ3) is 3.45. The van der Waals surface area contributed by atoms with E-state index in [-0.39, 0.29) is 11.6 Å². The first-order chi connectivity index (χ1) is 12.1. The van der Waals surface area contributed by atoms with Crippen molar-refractivity contribution >= 4 is 11.6 Å². The van der Waals surface area contributed by atoms with Crippen LogP contribution in [-0.2, 0) is 0 Å². The molecule has 0 spiro atoms. The Labute approximate surface area is 145 Å². The van der Waals surface area contributed by atoms with Crippen LogP contribution in [-0.4, -0.2) is 34.9 Å². The molecule has 25 heavy (non-hydrogen) atoms. The lowest BCUT2D eigenvalue weighted by atomic mass is 10.2. The van der Waals surface area contributed by atoms with E-state index in [4.69, 9.17) is 9.47 Å². The Morgan fingerprint density at radius 2 is 2.00 bits per heavy atom. The van der Waals surface area contributed by atoms with E-state index in [0.717, 1.165) is 11.3 Å². The third-order valence-electron chi connectivity index (χ3n) is 3.62. The number of carbonyl (C=O) groups is 1. The van der Waals surface area contributed by atoms with Crippen molar-refractivity contribution in [1.82, 2.24) is 14.8 Å². The van der Waals surface area contributed by atoms with Crippen molar-refractivity contribution in [2.24, 2.45) is 0 Å². The molecule has 0 radical (unpaired) electrons. The van der Waals surface area contributed by atoms with E-state index in [0.29, 0.717) is 17.3 Å². The molecule has 128 valence electrons. The molecule has 2 aromatic heterocycles. The topological polar surface area (TPSA) is 78.3 Å². The maximum atomic E-state index is 12.4. The summed E-state index contributed by atoms with van der Waals surface area (Å²) in [5, 5.41) is 7.09. The first-order valence-electron chi connectivity index (χ1n) is 7.63. The van der Waals surface area contributed by atoms with E-state index in [1.54, 1.807) is 42.4 Å². The Balaban J connectivity index is 1.86. The van der Waals surface area contributed by atoms with Crippen LogP contribution in [0.5, 0.6) is 11.6 Å². The van der Waals surface area contributed by atoms with Crippen molar-refractivity contribution in [3.63, 3.8) is 0 Å². The van der Waals surface area contributed by atoms with Crippen LogP contribution in [0.4, 0.5) is 5.69 Å². The van der Waals surface area contributed by atoms with Gasteiger partial charge in [-0.1, -0.05) is 6.07 Å². The van der Waals surface area contributed by atoms with Crippen LogP contribution >= 0.6 is 0 Å². The van der Waals surface area contributed by atoms with Crippen LogP contribution < -0.4 is 14.8 Å². The van der Waals surface area contributed by atoms with Crippen LogP contribution in [0.15, 0.2) is 48.8 Å². The molecule has 7 nitrogen and oxygen atoms in total. The second-order valence-electron chi connectivity index (χ2n) is 5.34. The summed E-state index contributed by atoms with van der Waals surface area (Å²) >= 11 is 0. The molecular formula is C18H18N4O3. The zero-order valence-electron chi connectivity index (χ0n) is 14.2. The molecule has 0 bridgehead atoms. The summed E-state index contributed by atoms with van der Waals surface area (Å²) in [5.41, 5.74) is 2.59. The molecule has 0 aliphatic heterocycles. The molecule has 0 saturated carbocycles. The number of anilines is 1. The van der Waals surface area contributed by atoms with E-state index >= 15 is 0 Å². The summed E-state index contributed by atoms with van der Waals surface area (Å²) in [6, 6.07) is 10.8. The van der Waals surface area contributed by atoms with Crippen molar-refractivity contribution in [1.29, 1.82) is 0 Å². The second-order valence-corrected chi connectivity index (χ2v) is 5.34. The highest BCUT2D eigenvalue weighted by Gasteiger charge is 2.15. The number of hydrogen-bond donors (Lipinski definition) is 1.